The number of nitrogens with zero attached hydrogens (tertiary/aromatic N) is 2. The average molecular weight is 374 g/mol. The molecule has 0 spiro atoms. The second-order valence-corrected chi connectivity index (χ2v) is 6.98. The van der Waals surface area contributed by atoms with Gasteiger partial charge in [-0.3, -0.25) is 9.36 Å². The molecule has 0 N–H and O–H groups in total. The Hall–Kier alpha value is -2.54. The number of carbonyl (C=O) groups is 1. The van der Waals surface area contributed by atoms with Crippen molar-refractivity contribution < 1.29 is 13.9 Å². The fourth-order valence-electron chi connectivity index (χ4n) is 2.56. The molecule has 0 bridgehead atoms. The number of benzene rings is 1. The Kier molecular flexibility index (Phi) is 5.18. The van der Waals surface area contributed by atoms with Crippen LogP contribution in [0.1, 0.15) is 33.2 Å². The highest BCUT2D eigenvalue weighted by atomic mass is 32.1. The Labute approximate surface area is 154 Å². The SMILES string of the molecule is CC[C@H](C)OC(=O)[C@H](C)n1cnc2scc(-c3ccc(F)cc3)c2c1=O. The zero-order valence-corrected chi connectivity index (χ0v) is 15.5. The molecule has 0 unspecified atom stereocenters. The van der Waals surface area contributed by atoms with Gasteiger partial charge in [0, 0.05) is 10.9 Å². The number of aromatic nitrogens is 2. The quantitative estimate of drug-likeness (QED) is 0.629. The van der Waals surface area contributed by atoms with Gasteiger partial charge in [0.2, 0.25) is 0 Å². The van der Waals surface area contributed by atoms with Crippen molar-refractivity contribution in [2.75, 3.05) is 0 Å². The van der Waals surface area contributed by atoms with Crippen LogP contribution in [0.15, 0.2) is 40.8 Å². The van der Waals surface area contributed by atoms with Gasteiger partial charge in [-0.15, -0.1) is 11.3 Å². The highest BCUT2D eigenvalue weighted by molar-refractivity contribution is 7.17. The maximum atomic E-state index is 13.2. The first-order valence-corrected chi connectivity index (χ1v) is 9.25. The third-order valence-corrected chi connectivity index (χ3v) is 5.21. The summed E-state index contributed by atoms with van der Waals surface area (Å²) in [6.45, 7) is 5.34. The first-order valence-electron chi connectivity index (χ1n) is 8.37. The summed E-state index contributed by atoms with van der Waals surface area (Å²) >= 11 is 1.34. The smallest absolute Gasteiger partial charge is 0.329 e. The largest absolute Gasteiger partial charge is 0.461 e. The van der Waals surface area contributed by atoms with Crippen LogP contribution in [0.3, 0.4) is 0 Å². The number of halogens is 1. The van der Waals surface area contributed by atoms with Crippen LogP contribution in [-0.4, -0.2) is 21.6 Å². The van der Waals surface area contributed by atoms with Gasteiger partial charge < -0.3 is 4.74 Å². The molecule has 0 amide bonds. The number of carbonyl (C=O) groups excluding carboxylic acids is 1. The topological polar surface area (TPSA) is 61.2 Å². The second-order valence-electron chi connectivity index (χ2n) is 6.13. The molecule has 0 aliphatic rings. The van der Waals surface area contributed by atoms with E-state index in [1.54, 1.807) is 26.0 Å². The molecule has 1 aromatic carbocycles. The molecule has 2 heterocycles. The van der Waals surface area contributed by atoms with Crippen LogP contribution in [0.5, 0.6) is 0 Å². The summed E-state index contributed by atoms with van der Waals surface area (Å²) in [6.07, 6.45) is 1.86. The fraction of sp³-hybridized carbons (Fsp3) is 0.316. The Bertz CT molecular complexity index is 994. The number of rotatable bonds is 5. The minimum absolute atomic E-state index is 0.215. The van der Waals surface area contributed by atoms with E-state index in [1.807, 2.05) is 12.3 Å². The van der Waals surface area contributed by atoms with Gasteiger partial charge in [-0.05, 0) is 38.0 Å². The molecule has 2 aromatic heterocycles. The molecule has 0 aliphatic carbocycles. The van der Waals surface area contributed by atoms with Crippen molar-refractivity contribution in [2.45, 2.75) is 39.3 Å². The van der Waals surface area contributed by atoms with Gasteiger partial charge in [-0.1, -0.05) is 19.1 Å². The van der Waals surface area contributed by atoms with Gasteiger partial charge in [0.25, 0.3) is 5.56 Å². The number of hydrogen-bond acceptors (Lipinski definition) is 5. The van der Waals surface area contributed by atoms with Crippen LogP contribution in [-0.2, 0) is 9.53 Å². The third-order valence-electron chi connectivity index (χ3n) is 4.33. The maximum absolute atomic E-state index is 13.2. The molecule has 136 valence electrons. The monoisotopic (exact) mass is 374 g/mol. The fourth-order valence-corrected chi connectivity index (χ4v) is 3.46. The predicted molar refractivity (Wildman–Crippen MR) is 99.8 cm³/mol. The van der Waals surface area contributed by atoms with E-state index in [4.69, 9.17) is 4.74 Å². The molecule has 26 heavy (non-hydrogen) atoms. The number of hydrogen-bond donors (Lipinski definition) is 0. The predicted octanol–water partition coefficient (Wildman–Crippen LogP) is 4.17. The van der Waals surface area contributed by atoms with Gasteiger partial charge in [0.1, 0.15) is 16.7 Å². The van der Waals surface area contributed by atoms with E-state index in [9.17, 15) is 14.0 Å². The summed E-state index contributed by atoms with van der Waals surface area (Å²) in [7, 11) is 0. The normalized spacial score (nSPS) is 13.5. The maximum Gasteiger partial charge on any atom is 0.329 e. The molecule has 0 saturated heterocycles. The summed E-state index contributed by atoms with van der Waals surface area (Å²) in [5.41, 5.74) is 1.09. The minimum atomic E-state index is -0.783. The van der Waals surface area contributed by atoms with E-state index in [0.29, 0.717) is 22.2 Å². The van der Waals surface area contributed by atoms with Gasteiger partial charge >= 0.3 is 5.97 Å². The molecular formula is C19H19FN2O3S. The van der Waals surface area contributed by atoms with E-state index >= 15 is 0 Å². The van der Waals surface area contributed by atoms with E-state index in [2.05, 4.69) is 4.98 Å². The molecule has 3 aromatic rings. The number of fused-ring (bicyclic) bond motifs is 1. The lowest BCUT2D eigenvalue weighted by Gasteiger charge is -2.17. The number of esters is 1. The Morgan fingerprint density at radius 2 is 2.00 bits per heavy atom. The van der Waals surface area contributed by atoms with E-state index < -0.39 is 12.0 Å². The summed E-state index contributed by atoms with van der Waals surface area (Å²) in [6, 6.07) is 5.15. The summed E-state index contributed by atoms with van der Waals surface area (Å²) in [5.74, 6) is -0.814. The van der Waals surface area contributed by atoms with Crippen LogP contribution in [0.25, 0.3) is 21.3 Å². The number of thiophene rings is 1. The first-order chi connectivity index (χ1) is 12.4. The Morgan fingerprint density at radius 1 is 1.31 bits per heavy atom. The molecule has 7 heteroatoms. The summed E-state index contributed by atoms with van der Waals surface area (Å²) < 4.78 is 19.8. The number of ether oxygens (including phenoxy) is 1. The Balaban J connectivity index is 2.05. The van der Waals surface area contributed by atoms with E-state index in [1.165, 1.54) is 34.4 Å². The molecule has 2 atom stereocenters. The van der Waals surface area contributed by atoms with Crippen molar-refractivity contribution in [3.05, 3.63) is 52.1 Å². The van der Waals surface area contributed by atoms with Crippen molar-refractivity contribution in [1.82, 2.24) is 9.55 Å². The van der Waals surface area contributed by atoms with Gasteiger partial charge in [-0.2, -0.15) is 0 Å². The molecule has 3 rings (SSSR count). The lowest BCUT2D eigenvalue weighted by Crippen LogP contribution is -2.31. The van der Waals surface area contributed by atoms with Crippen molar-refractivity contribution >= 4 is 27.5 Å². The zero-order chi connectivity index (χ0) is 18.8. The standard InChI is InChI=1S/C19H19FN2O3S/c1-4-11(2)25-19(24)12(3)22-10-21-17-16(18(22)23)15(9-26-17)13-5-7-14(20)8-6-13/h5-12H,4H2,1-3H3/t11-,12-/m0/s1. The van der Waals surface area contributed by atoms with Crippen LogP contribution < -0.4 is 5.56 Å². The molecule has 0 aliphatic heterocycles. The van der Waals surface area contributed by atoms with Crippen molar-refractivity contribution in [3.63, 3.8) is 0 Å². The van der Waals surface area contributed by atoms with Gasteiger partial charge in [0.05, 0.1) is 17.8 Å². The van der Waals surface area contributed by atoms with Gasteiger partial charge in [-0.25, -0.2) is 14.2 Å². The molecule has 0 radical (unpaired) electrons. The van der Waals surface area contributed by atoms with Crippen molar-refractivity contribution in [3.8, 4) is 11.1 Å². The molecule has 0 fully saturated rings. The van der Waals surface area contributed by atoms with E-state index in [-0.39, 0.29) is 17.5 Å². The van der Waals surface area contributed by atoms with Crippen LogP contribution in [0.2, 0.25) is 0 Å². The van der Waals surface area contributed by atoms with E-state index in [0.717, 1.165) is 5.56 Å². The highest BCUT2D eigenvalue weighted by Gasteiger charge is 2.22. The van der Waals surface area contributed by atoms with Crippen LogP contribution in [0, 0.1) is 5.82 Å². The van der Waals surface area contributed by atoms with Crippen LogP contribution >= 0.6 is 11.3 Å². The molecule has 5 nitrogen and oxygen atoms in total. The van der Waals surface area contributed by atoms with Gasteiger partial charge in [0.15, 0.2) is 0 Å². The summed E-state index contributed by atoms with van der Waals surface area (Å²) in [5, 5.41) is 2.24. The average Bonchev–Trinajstić information content (AvgIpc) is 3.07. The first kappa shape index (κ1) is 18.3. The lowest BCUT2D eigenvalue weighted by atomic mass is 10.1. The highest BCUT2D eigenvalue weighted by Crippen LogP contribution is 2.31. The summed E-state index contributed by atoms with van der Waals surface area (Å²) in [4.78, 5) is 30.2. The second kappa shape index (κ2) is 7.37. The molecular weight excluding hydrogens is 355 g/mol. The zero-order valence-electron chi connectivity index (χ0n) is 14.7. The van der Waals surface area contributed by atoms with Crippen molar-refractivity contribution in [1.29, 1.82) is 0 Å². The lowest BCUT2D eigenvalue weighted by molar-refractivity contribution is -0.152. The third kappa shape index (κ3) is 3.39. The van der Waals surface area contributed by atoms with Crippen LogP contribution in [0.4, 0.5) is 4.39 Å². The molecule has 0 saturated carbocycles. The minimum Gasteiger partial charge on any atom is -0.461 e. The Morgan fingerprint density at radius 3 is 2.65 bits per heavy atom. The van der Waals surface area contributed by atoms with Crippen molar-refractivity contribution in [2.24, 2.45) is 0 Å².